The number of ketones is 1. The Labute approximate surface area is 188 Å². The van der Waals surface area contributed by atoms with E-state index in [0.717, 1.165) is 16.9 Å². The lowest BCUT2D eigenvalue weighted by molar-refractivity contribution is 0.0734. The fraction of sp³-hybridized carbons (Fsp3) is 0.0769. The van der Waals surface area contributed by atoms with Crippen molar-refractivity contribution in [1.82, 2.24) is 0 Å². The first-order valence-corrected chi connectivity index (χ1v) is 10.3. The van der Waals surface area contributed by atoms with Crippen LogP contribution < -0.4 is 23.7 Å². The summed E-state index contributed by atoms with van der Waals surface area (Å²) in [5, 5.41) is 0. The summed E-state index contributed by atoms with van der Waals surface area (Å²) in [5.74, 6) is 1.87. The van der Waals surface area contributed by atoms with Gasteiger partial charge in [0.05, 0.1) is 11.1 Å². The minimum atomic E-state index is -0.559. The van der Waals surface area contributed by atoms with E-state index in [4.69, 9.17) is 23.7 Å². The standard InChI is InChI=1S/C26H16O7/c27-25-19-7-6-18(32-26(28)17-5-8-21-23(11-17)31-14-30-21)12-22(19)33-24(25)10-15-9-16-3-1-2-4-20(16)29-13-15/h1-12H,13-14H2. The van der Waals surface area contributed by atoms with Gasteiger partial charge >= 0.3 is 5.97 Å². The molecule has 0 aromatic heterocycles. The number of rotatable bonds is 3. The topological polar surface area (TPSA) is 80.3 Å². The van der Waals surface area contributed by atoms with Crippen LogP contribution >= 0.6 is 0 Å². The molecule has 3 aromatic carbocycles. The first kappa shape index (κ1) is 19.2. The molecule has 0 radical (unpaired) electrons. The molecule has 0 saturated heterocycles. The molecule has 7 heteroatoms. The van der Waals surface area contributed by atoms with Gasteiger partial charge in [-0.15, -0.1) is 0 Å². The van der Waals surface area contributed by atoms with Crippen LogP contribution in [-0.4, -0.2) is 25.2 Å². The summed E-state index contributed by atoms with van der Waals surface area (Å²) in [6, 6.07) is 17.2. The lowest BCUT2D eigenvalue weighted by Crippen LogP contribution is -2.08. The number of ether oxygens (including phenoxy) is 5. The van der Waals surface area contributed by atoms with Crippen molar-refractivity contribution in [2.24, 2.45) is 0 Å². The number of allylic oxidation sites excluding steroid dienone is 1. The van der Waals surface area contributed by atoms with Gasteiger partial charge in [-0.25, -0.2) is 4.79 Å². The Morgan fingerprint density at radius 1 is 0.879 bits per heavy atom. The molecule has 3 heterocycles. The number of esters is 1. The molecule has 3 aliphatic rings. The Bertz CT molecular complexity index is 1380. The minimum absolute atomic E-state index is 0.120. The summed E-state index contributed by atoms with van der Waals surface area (Å²) in [6.07, 6.45) is 3.64. The maximum absolute atomic E-state index is 12.8. The Balaban J connectivity index is 1.21. The summed E-state index contributed by atoms with van der Waals surface area (Å²) in [7, 11) is 0. The largest absolute Gasteiger partial charge is 0.488 e. The highest BCUT2D eigenvalue weighted by molar-refractivity contribution is 6.12. The normalized spacial score (nSPS) is 16.4. The smallest absolute Gasteiger partial charge is 0.343 e. The first-order valence-electron chi connectivity index (χ1n) is 10.3. The van der Waals surface area contributed by atoms with Crippen molar-refractivity contribution in [3.63, 3.8) is 0 Å². The van der Waals surface area contributed by atoms with Crippen molar-refractivity contribution in [3.05, 3.63) is 94.8 Å². The van der Waals surface area contributed by atoms with Crippen LogP contribution in [0.3, 0.4) is 0 Å². The summed E-state index contributed by atoms with van der Waals surface area (Å²) < 4.78 is 27.5. The first-order chi connectivity index (χ1) is 16.1. The van der Waals surface area contributed by atoms with E-state index >= 15 is 0 Å². The monoisotopic (exact) mass is 440 g/mol. The highest BCUT2D eigenvalue weighted by atomic mass is 16.7. The zero-order valence-corrected chi connectivity index (χ0v) is 17.2. The second-order valence-corrected chi connectivity index (χ2v) is 7.60. The van der Waals surface area contributed by atoms with Gasteiger partial charge in [-0.05, 0) is 54.1 Å². The van der Waals surface area contributed by atoms with Crippen molar-refractivity contribution in [1.29, 1.82) is 0 Å². The van der Waals surface area contributed by atoms with Gasteiger partial charge in [0.25, 0.3) is 0 Å². The fourth-order valence-electron chi connectivity index (χ4n) is 3.81. The second-order valence-electron chi connectivity index (χ2n) is 7.60. The van der Waals surface area contributed by atoms with Gasteiger partial charge in [-0.3, -0.25) is 4.79 Å². The van der Waals surface area contributed by atoms with E-state index < -0.39 is 5.97 Å². The van der Waals surface area contributed by atoms with E-state index in [0.29, 0.717) is 35.0 Å². The quantitative estimate of drug-likeness (QED) is 0.335. The minimum Gasteiger partial charge on any atom is -0.488 e. The van der Waals surface area contributed by atoms with Crippen molar-refractivity contribution in [3.8, 4) is 28.7 Å². The van der Waals surface area contributed by atoms with Crippen molar-refractivity contribution in [2.45, 2.75) is 0 Å². The molecule has 0 atom stereocenters. The zero-order chi connectivity index (χ0) is 22.4. The van der Waals surface area contributed by atoms with Gasteiger partial charge in [0.2, 0.25) is 12.6 Å². The number of benzene rings is 3. The molecule has 7 nitrogen and oxygen atoms in total. The van der Waals surface area contributed by atoms with Crippen molar-refractivity contribution in [2.75, 3.05) is 13.4 Å². The van der Waals surface area contributed by atoms with E-state index in [9.17, 15) is 9.59 Å². The van der Waals surface area contributed by atoms with Crippen LogP contribution in [0, 0.1) is 0 Å². The number of hydrogen-bond donors (Lipinski definition) is 0. The predicted molar refractivity (Wildman–Crippen MR) is 117 cm³/mol. The second kappa shape index (κ2) is 7.56. The molecule has 0 N–H and O–H groups in total. The van der Waals surface area contributed by atoms with Crippen LogP contribution in [-0.2, 0) is 0 Å². The van der Waals surface area contributed by atoms with Crippen LogP contribution in [0.15, 0.2) is 78.1 Å². The van der Waals surface area contributed by atoms with Crippen LogP contribution in [0.1, 0.15) is 26.3 Å². The molecule has 0 unspecified atom stereocenters. The zero-order valence-electron chi connectivity index (χ0n) is 17.2. The Morgan fingerprint density at radius 3 is 2.70 bits per heavy atom. The predicted octanol–water partition coefficient (Wildman–Crippen LogP) is 4.57. The number of carbonyl (C=O) groups is 2. The Hall–Kier alpha value is -4.52. The highest BCUT2D eigenvalue weighted by Crippen LogP contribution is 2.36. The molecule has 0 amide bonds. The van der Waals surface area contributed by atoms with E-state index in [-0.39, 0.29) is 24.1 Å². The maximum atomic E-state index is 12.8. The van der Waals surface area contributed by atoms with Gasteiger partial charge in [0.15, 0.2) is 17.3 Å². The molecule has 3 aliphatic heterocycles. The Kier molecular flexibility index (Phi) is 4.40. The van der Waals surface area contributed by atoms with E-state index in [1.165, 1.54) is 6.07 Å². The van der Waals surface area contributed by atoms with Gasteiger partial charge in [0, 0.05) is 11.6 Å². The Morgan fingerprint density at radius 2 is 1.76 bits per heavy atom. The van der Waals surface area contributed by atoms with Gasteiger partial charge in [0.1, 0.15) is 23.9 Å². The molecule has 0 saturated carbocycles. The van der Waals surface area contributed by atoms with E-state index in [1.54, 1.807) is 36.4 Å². The molecule has 3 aromatic rings. The molecule has 0 spiro atoms. The molecule has 0 bridgehead atoms. The lowest BCUT2D eigenvalue weighted by atomic mass is 10.1. The summed E-state index contributed by atoms with van der Waals surface area (Å²) in [4.78, 5) is 25.3. The van der Waals surface area contributed by atoms with Gasteiger partial charge in [-0.2, -0.15) is 0 Å². The third-order valence-corrected chi connectivity index (χ3v) is 5.43. The van der Waals surface area contributed by atoms with E-state index in [2.05, 4.69) is 0 Å². The third kappa shape index (κ3) is 3.49. The van der Waals surface area contributed by atoms with Crippen molar-refractivity contribution >= 4 is 17.8 Å². The van der Waals surface area contributed by atoms with Gasteiger partial charge < -0.3 is 23.7 Å². The van der Waals surface area contributed by atoms with E-state index in [1.807, 2.05) is 30.3 Å². The number of para-hydroxylation sites is 1. The number of fused-ring (bicyclic) bond motifs is 3. The molecule has 33 heavy (non-hydrogen) atoms. The summed E-state index contributed by atoms with van der Waals surface area (Å²) >= 11 is 0. The molecule has 162 valence electrons. The van der Waals surface area contributed by atoms with Crippen LogP contribution in [0.5, 0.6) is 28.7 Å². The fourth-order valence-corrected chi connectivity index (χ4v) is 3.81. The maximum Gasteiger partial charge on any atom is 0.343 e. The summed E-state index contributed by atoms with van der Waals surface area (Å²) in [5.41, 5.74) is 2.49. The van der Waals surface area contributed by atoms with Crippen molar-refractivity contribution < 1.29 is 33.3 Å². The number of Topliss-reactive ketones (excluding diaryl/α,β-unsaturated/α-hetero) is 1. The molecule has 0 aliphatic carbocycles. The molecule has 6 rings (SSSR count). The average molecular weight is 440 g/mol. The summed E-state index contributed by atoms with van der Waals surface area (Å²) in [6.45, 7) is 0.460. The highest BCUT2D eigenvalue weighted by Gasteiger charge is 2.29. The van der Waals surface area contributed by atoms with Crippen LogP contribution in [0.4, 0.5) is 0 Å². The van der Waals surface area contributed by atoms with Crippen LogP contribution in [0.2, 0.25) is 0 Å². The number of hydrogen-bond acceptors (Lipinski definition) is 7. The third-order valence-electron chi connectivity index (χ3n) is 5.43. The van der Waals surface area contributed by atoms with Crippen LogP contribution in [0.25, 0.3) is 6.08 Å². The lowest BCUT2D eigenvalue weighted by Gasteiger charge is -2.15. The van der Waals surface area contributed by atoms with Gasteiger partial charge in [-0.1, -0.05) is 18.2 Å². The SMILES string of the molecule is O=C(Oc1ccc2c(c1)OC(=CC1=Cc3ccccc3OC1)C2=O)c1ccc2c(c1)OCO2. The number of carbonyl (C=O) groups excluding carboxylic acids is 2. The average Bonchev–Trinajstić information content (AvgIpc) is 3.42. The molecular formula is C26H16O7. The molecular weight excluding hydrogens is 424 g/mol. The molecule has 0 fully saturated rings.